The van der Waals surface area contributed by atoms with E-state index in [4.69, 9.17) is 1.41 Å². The molecule has 8 heavy (non-hydrogen) atoms. The van der Waals surface area contributed by atoms with E-state index in [-0.39, 0.29) is 6.54 Å². The molecule has 0 unspecified atom stereocenters. The van der Waals surface area contributed by atoms with Gasteiger partial charge in [-0.05, 0) is 13.0 Å². The van der Waals surface area contributed by atoms with Crippen LogP contribution in [-0.2, 0) is 0 Å². The first-order chi connectivity index (χ1) is 4.20. The molecular weight excluding hydrogens is 112 g/mol. The molecule has 1 heterocycles. The molecule has 0 amide bonds. The van der Waals surface area contributed by atoms with Crippen LogP contribution in [0.5, 0.6) is 0 Å². The fourth-order valence-electron chi connectivity index (χ4n) is 0.811. The molecule has 0 aromatic rings. The Morgan fingerprint density at radius 2 is 2.50 bits per heavy atom. The van der Waals surface area contributed by atoms with Crippen molar-refractivity contribution in [3.63, 3.8) is 0 Å². The van der Waals surface area contributed by atoms with Crippen molar-refractivity contribution < 1.29 is 10.2 Å². The highest BCUT2D eigenvalue weighted by Gasteiger charge is 2.23. The van der Waals surface area contributed by atoms with Crippen LogP contribution in [0.15, 0.2) is 0 Å². The fourth-order valence-corrected chi connectivity index (χ4v) is 0.811. The number of hydrogen-bond donors (Lipinski definition) is 1. The van der Waals surface area contributed by atoms with Crippen molar-refractivity contribution in [3.8, 4) is 0 Å². The molecule has 0 aromatic heterocycles. The number of halogens is 2. The molecule has 0 aromatic carbocycles. The predicted octanol–water partition coefficient (Wildman–Crippen LogP) is 0.861. The molecule has 1 aliphatic rings. The van der Waals surface area contributed by atoms with Gasteiger partial charge in [-0.2, -0.15) is 0 Å². The van der Waals surface area contributed by atoms with Crippen LogP contribution in [0, 0.1) is 5.92 Å². The van der Waals surface area contributed by atoms with E-state index in [9.17, 15) is 8.78 Å². The molecule has 1 N–H and O–H groups in total. The molecule has 1 rings (SSSR count). The lowest BCUT2D eigenvalue weighted by Gasteiger charge is -2.03. The third kappa shape index (κ3) is 1.15. The minimum atomic E-state index is -2.24. The van der Waals surface area contributed by atoms with Gasteiger partial charge >= 0.3 is 0 Å². The summed E-state index contributed by atoms with van der Waals surface area (Å²) in [5, 5.41) is 1.19. The number of nitrogens with one attached hydrogen (secondary N) is 1. The van der Waals surface area contributed by atoms with E-state index in [1.807, 2.05) is 0 Å². The van der Waals surface area contributed by atoms with Crippen LogP contribution in [0.4, 0.5) is 8.78 Å². The molecule has 0 spiro atoms. The Morgan fingerprint density at radius 3 is 2.75 bits per heavy atom. The second-order valence-corrected chi connectivity index (χ2v) is 2.01. The van der Waals surface area contributed by atoms with E-state index in [1.165, 1.54) is 5.31 Å². The van der Waals surface area contributed by atoms with E-state index in [1.54, 1.807) is 0 Å². The van der Waals surface area contributed by atoms with Crippen molar-refractivity contribution in [2.75, 3.05) is 13.1 Å². The maximum absolute atomic E-state index is 11.8. The van der Waals surface area contributed by atoms with Crippen molar-refractivity contribution in [1.82, 2.24) is 5.31 Å². The van der Waals surface area contributed by atoms with Crippen molar-refractivity contribution in [1.29, 1.82) is 0 Å². The Bertz CT molecular complexity index is 99.0. The van der Waals surface area contributed by atoms with Gasteiger partial charge in [0.25, 0.3) is 0 Å². The summed E-state index contributed by atoms with van der Waals surface area (Å²) >= 11 is 0. The monoisotopic (exact) mass is 122 g/mol. The van der Waals surface area contributed by atoms with Crippen molar-refractivity contribution in [2.24, 2.45) is 5.92 Å². The predicted molar refractivity (Wildman–Crippen MR) is 27.0 cm³/mol. The highest BCUT2D eigenvalue weighted by molar-refractivity contribution is 4.72. The van der Waals surface area contributed by atoms with Gasteiger partial charge in [-0.25, -0.2) is 8.78 Å². The molecule has 1 saturated heterocycles. The highest BCUT2D eigenvalue weighted by atomic mass is 19.3. The summed E-state index contributed by atoms with van der Waals surface area (Å²) in [4.78, 5) is 0. The standard InChI is InChI=1S/C5H9F2N/c6-5(7)4-1-2-8-3-4/h4-5,8H,1-3H2/t4-/m1/s1/i/hD. The normalized spacial score (nSPS) is 33.9. The number of rotatable bonds is 1. The minimum Gasteiger partial charge on any atom is -0.316 e. The fraction of sp³-hybridized carbons (Fsp3) is 1.00. The molecule has 1 aliphatic heterocycles. The molecule has 0 aliphatic carbocycles. The SMILES string of the molecule is [2H]N1CC[C@@H](C(F)F)C1. The Labute approximate surface area is 48.5 Å². The third-order valence-corrected chi connectivity index (χ3v) is 1.38. The van der Waals surface area contributed by atoms with Gasteiger partial charge in [0.05, 0.1) is 0 Å². The molecule has 0 saturated carbocycles. The number of alkyl halides is 2. The first-order valence-electron chi connectivity index (χ1n) is 3.17. The molecule has 3 heteroatoms. The first kappa shape index (κ1) is 4.68. The van der Waals surface area contributed by atoms with Gasteiger partial charge in [-0.1, -0.05) is 0 Å². The quantitative estimate of drug-likeness (QED) is 0.544. The van der Waals surface area contributed by atoms with Crippen LogP contribution in [-0.4, -0.2) is 19.5 Å². The van der Waals surface area contributed by atoms with Crippen LogP contribution in [0.2, 0.25) is 1.41 Å². The first-order valence-corrected chi connectivity index (χ1v) is 2.72. The van der Waals surface area contributed by atoms with Crippen molar-refractivity contribution in [2.45, 2.75) is 12.8 Å². The third-order valence-electron chi connectivity index (χ3n) is 1.38. The van der Waals surface area contributed by atoms with Crippen molar-refractivity contribution >= 4 is 0 Å². The summed E-state index contributed by atoms with van der Waals surface area (Å²) in [7, 11) is 0. The summed E-state index contributed by atoms with van der Waals surface area (Å²) in [6.07, 6.45) is -1.76. The molecule has 1 atom stereocenters. The molecule has 1 fully saturated rings. The van der Waals surface area contributed by atoms with E-state index in [2.05, 4.69) is 0 Å². The average molecular weight is 122 g/mol. The summed E-state index contributed by atoms with van der Waals surface area (Å²) < 4.78 is 30.6. The maximum Gasteiger partial charge on any atom is 0.242 e. The summed E-state index contributed by atoms with van der Waals surface area (Å²) in [6.45, 7) is 0.729. The largest absolute Gasteiger partial charge is 0.316 e. The Morgan fingerprint density at radius 1 is 1.75 bits per heavy atom. The number of hydrogen-bond acceptors (Lipinski definition) is 1. The zero-order valence-corrected chi connectivity index (χ0v) is 4.48. The molecule has 0 bridgehead atoms. The zero-order valence-electron chi connectivity index (χ0n) is 5.48. The lowest BCUT2D eigenvalue weighted by Crippen LogP contribution is -2.14. The second-order valence-electron chi connectivity index (χ2n) is 2.01. The van der Waals surface area contributed by atoms with Gasteiger partial charge in [0.2, 0.25) is 6.43 Å². The van der Waals surface area contributed by atoms with Gasteiger partial charge in [-0.15, -0.1) is 0 Å². The summed E-state index contributed by atoms with van der Waals surface area (Å²) in [6, 6.07) is 0. The molecule has 48 valence electrons. The van der Waals surface area contributed by atoms with E-state index in [0.717, 1.165) is 0 Å². The van der Waals surface area contributed by atoms with Gasteiger partial charge in [0.1, 0.15) is 1.41 Å². The van der Waals surface area contributed by atoms with Crippen LogP contribution in [0.25, 0.3) is 0 Å². The smallest absolute Gasteiger partial charge is 0.242 e. The van der Waals surface area contributed by atoms with Gasteiger partial charge in [-0.3, -0.25) is 0 Å². The minimum absolute atomic E-state index is 0.234. The van der Waals surface area contributed by atoms with Crippen LogP contribution in [0.1, 0.15) is 6.42 Å². The van der Waals surface area contributed by atoms with Crippen LogP contribution >= 0.6 is 0 Å². The van der Waals surface area contributed by atoms with E-state index >= 15 is 0 Å². The molecule has 1 nitrogen and oxygen atoms in total. The Balaban J connectivity index is 2.30. The Kier molecular flexibility index (Phi) is 1.40. The van der Waals surface area contributed by atoms with Gasteiger partial charge < -0.3 is 5.31 Å². The zero-order chi connectivity index (χ0) is 6.85. The van der Waals surface area contributed by atoms with Gasteiger partial charge in [0.15, 0.2) is 0 Å². The van der Waals surface area contributed by atoms with Crippen molar-refractivity contribution in [3.05, 3.63) is 0 Å². The maximum atomic E-state index is 11.8. The average Bonchev–Trinajstić information content (AvgIpc) is 2.14. The molecular formula is C5H9F2N. The van der Waals surface area contributed by atoms with E-state index in [0.29, 0.717) is 13.0 Å². The highest BCUT2D eigenvalue weighted by Crippen LogP contribution is 2.15. The Hall–Kier alpha value is -0.180. The second kappa shape index (κ2) is 2.40. The van der Waals surface area contributed by atoms with Crippen LogP contribution < -0.4 is 5.31 Å². The van der Waals surface area contributed by atoms with Crippen LogP contribution in [0.3, 0.4) is 0 Å². The lowest BCUT2D eigenvalue weighted by molar-refractivity contribution is 0.0872. The van der Waals surface area contributed by atoms with Gasteiger partial charge in [0, 0.05) is 12.5 Å². The molecule has 0 radical (unpaired) electrons. The topological polar surface area (TPSA) is 12.0 Å². The van der Waals surface area contributed by atoms with E-state index < -0.39 is 12.3 Å². The lowest BCUT2D eigenvalue weighted by atomic mass is 10.1. The summed E-state index contributed by atoms with van der Waals surface area (Å²) in [5.41, 5.74) is 0. The summed E-state index contributed by atoms with van der Waals surface area (Å²) in [5.74, 6) is -0.553.